The monoisotopic (exact) mass is 381 g/mol. The van der Waals surface area contributed by atoms with E-state index in [-0.39, 0.29) is 6.42 Å². The molecular weight excluding hydrogens is 358 g/mol. The molecule has 1 heterocycles. The SMILES string of the molecule is CCOC(Cc1ccccc1OCc1cc(OC)nc2ccccc12)C(=O)O. The van der Waals surface area contributed by atoms with Crippen LogP contribution in [0.2, 0.25) is 0 Å². The van der Waals surface area contributed by atoms with E-state index < -0.39 is 12.1 Å². The van der Waals surface area contributed by atoms with Crippen LogP contribution in [-0.4, -0.2) is 35.9 Å². The maximum absolute atomic E-state index is 11.4. The highest BCUT2D eigenvalue weighted by molar-refractivity contribution is 5.82. The van der Waals surface area contributed by atoms with Crippen LogP contribution in [0.5, 0.6) is 11.6 Å². The average Bonchev–Trinajstić information content (AvgIpc) is 2.72. The Morgan fingerprint density at radius 3 is 2.61 bits per heavy atom. The van der Waals surface area contributed by atoms with Gasteiger partial charge in [-0.2, -0.15) is 0 Å². The summed E-state index contributed by atoms with van der Waals surface area (Å²) in [4.78, 5) is 15.9. The van der Waals surface area contributed by atoms with E-state index in [4.69, 9.17) is 14.2 Å². The van der Waals surface area contributed by atoms with Gasteiger partial charge in [-0.05, 0) is 24.6 Å². The third-order valence-corrected chi connectivity index (χ3v) is 4.39. The molecule has 0 saturated heterocycles. The van der Waals surface area contributed by atoms with E-state index in [1.165, 1.54) is 0 Å². The molecule has 0 saturated carbocycles. The summed E-state index contributed by atoms with van der Waals surface area (Å²) in [7, 11) is 1.58. The number of hydrogen-bond donors (Lipinski definition) is 1. The molecule has 6 nitrogen and oxygen atoms in total. The van der Waals surface area contributed by atoms with Gasteiger partial charge in [-0.1, -0.05) is 36.4 Å². The molecule has 0 fully saturated rings. The number of fused-ring (bicyclic) bond motifs is 1. The molecule has 0 spiro atoms. The summed E-state index contributed by atoms with van der Waals surface area (Å²) in [5.41, 5.74) is 2.56. The normalized spacial score (nSPS) is 11.9. The first-order chi connectivity index (χ1) is 13.6. The van der Waals surface area contributed by atoms with E-state index in [1.54, 1.807) is 14.0 Å². The Kier molecular flexibility index (Phi) is 6.45. The maximum Gasteiger partial charge on any atom is 0.333 e. The highest BCUT2D eigenvalue weighted by Crippen LogP contribution is 2.26. The molecule has 1 unspecified atom stereocenters. The number of nitrogens with zero attached hydrogens (tertiary/aromatic N) is 1. The first-order valence-corrected chi connectivity index (χ1v) is 9.10. The number of benzene rings is 2. The summed E-state index contributed by atoms with van der Waals surface area (Å²) in [6, 6.07) is 17.1. The largest absolute Gasteiger partial charge is 0.489 e. The van der Waals surface area contributed by atoms with Gasteiger partial charge in [0.25, 0.3) is 0 Å². The van der Waals surface area contributed by atoms with Crippen LogP contribution in [0.3, 0.4) is 0 Å². The van der Waals surface area contributed by atoms with Gasteiger partial charge in [0.1, 0.15) is 12.4 Å². The number of para-hydroxylation sites is 2. The molecular formula is C22H23NO5. The minimum atomic E-state index is -0.985. The quantitative estimate of drug-likeness (QED) is 0.607. The number of aliphatic carboxylic acids is 1. The average molecular weight is 381 g/mol. The topological polar surface area (TPSA) is 77.9 Å². The van der Waals surface area contributed by atoms with Gasteiger partial charge in [0.15, 0.2) is 6.10 Å². The van der Waals surface area contributed by atoms with Crippen LogP contribution in [0, 0.1) is 0 Å². The fraction of sp³-hybridized carbons (Fsp3) is 0.273. The van der Waals surface area contributed by atoms with Gasteiger partial charge in [0.05, 0.1) is 12.6 Å². The molecule has 0 radical (unpaired) electrons. The minimum absolute atomic E-state index is 0.236. The summed E-state index contributed by atoms with van der Waals surface area (Å²) >= 11 is 0. The second kappa shape index (κ2) is 9.19. The zero-order chi connectivity index (χ0) is 19.9. The highest BCUT2D eigenvalue weighted by atomic mass is 16.5. The first kappa shape index (κ1) is 19.6. The molecule has 0 amide bonds. The predicted molar refractivity (Wildman–Crippen MR) is 106 cm³/mol. The lowest BCUT2D eigenvalue weighted by atomic mass is 10.1. The number of rotatable bonds is 9. The third-order valence-electron chi connectivity index (χ3n) is 4.39. The van der Waals surface area contributed by atoms with Gasteiger partial charge in [0.2, 0.25) is 5.88 Å². The third kappa shape index (κ3) is 4.58. The lowest BCUT2D eigenvalue weighted by molar-refractivity contribution is -0.149. The van der Waals surface area contributed by atoms with Crippen molar-refractivity contribution in [3.05, 3.63) is 65.7 Å². The molecule has 28 heavy (non-hydrogen) atoms. The van der Waals surface area contributed by atoms with Gasteiger partial charge < -0.3 is 19.3 Å². The minimum Gasteiger partial charge on any atom is -0.489 e. The fourth-order valence-corrected chi connectivity index (χ4v) is 3.03. The van der Waals surface area contributed by atoms with Crippen LogP contribution in [0.25, 0.3) is 10.9 Å². The van der Waals surface area contributed by atoms with E-state index in [1.807, 2.05) is 54.6 Å². The number of pyridine rings is 1. The molecule has 0 bridgehead atoms. The van der Waals surface area contributed by atoms with Crippen molar-refractivity contribution >= 4 is 16.9 Å². The summed E-state index contributed by atoms with van der Waals surface area (Å²) in [5.74, 6) is 0.169. The predicted octanol–water partition coefficient (Wildman–Crippen LogP) is 3.85. The smallest absolute Gasteiger partial charge is 0.333 e. The molecule has 3 aromatic rings. The number of carbonyl (C=O) groups is 1. The molecule has 2 aromatic carbocycles. The number of ether oxygens (including phenoxy) is 3. The Morgan fingerprint density at radius 2 is 1.86 bits per heavy atom. The van der Waals surface area contributed by atoms with Crippen molar-refractivity contribution in [1.82, 2.24) is 4.98 Å². The molecule has 1 atom stereocenters. The summed E-state index contributed by atoms with van der Waals surface area (Å²) < 4.78 is 16.7. The molecule has 0 aliphatic rings. The van der Waals surface area contributed by atoms with Crippen molar-refractivity contribution in [2.45, 2.75) is 26.1 Å². The molecule has 1 aromatic heterocycles. The van der Waals surface area contributed by atoms with Gasteiger partial charge in [0, 0.05) is 30.0 Å². The molecule has 1 N–H and O–H groups in total. The number of methoxy groups -OCH3 is 1. The Labute approximate surface area is 163 Å². The number of hydrogen-bond acceptors (Lipinski definition) is 5. The van der Waals surface area contributed by atoms with Gasteiger partial charge in [-0.3, -0.25) is 0 Å². The summed E-state index contributed by atoms with van der Waals surface area (Å²) in [5, 5.41) is 10.3. The van der Waals surface area contributed by atoms with Crippen LogP contribution in [-0.2, 0) is 22.6 Å². The summed E-state index contributed by atoms with van der Waals surface area (Å²) in [6.07, 6.45) is -0.670. The van der Waals surface area contributed by atoms with E-state index in [0.717, 1.165) is 22.0 Å². The second-order valence-corrected chi connectivity index (χ2v) is 6.22. The van der Waals surface area contributed by atoms with Crippen molar-refractivity contribution in [1.29, 1.82) is 0 Å². The van der Waals surface area contributed by atoms with Crippen LogP contribution in [0.15, 0.2) is 54.6 Å². The Bertz CT molecular complexity index is 957. The van der Waals surface area contributed by atoms with Crippen molar-refractivity contribution in [2.24, 2.45) is 0 Å². The van der Waals surface area contributed by atoms with Crippen molar-refractivity contribution in [3.8, 4) is 11.6 Å². The highest BCUT2D eigenvalue weighted by Gasteiger charge is 2.20. The number of aromatic nitrogens is 1. The fourth-order valence-electron chi connectivity index (χ4n) is 3.03. The van der Waals surface area contributed by atoms with E-state index >= 15 is 0 Å². The van der Waals surface area contributed by atoms with Crippen LogP contribution < -0.4 is 9.47 Å². The molecule has 3 rings (SSSR count). The first-order valence-electron chi connectivity index (χ1n) is 9.10. The summed E-state index contributed by atoms with van der Waals surface area (Å²) in [6.45, 7) is 2.42. The van der Waals surface area contributed by atoms with Gasteiger partial charge in [-0.15, -0.1) is 0 Å². The number of carboxylic acid groups (broad SMARTS) is 1. The molecule has 0 aliphatic carbocycles. The lowest BCUT2D eigenvalue weighted by Gasteiger charge is -2.16. The van der Waals surface area contributed by atoms with E-state index in [9.17, 15) is 9.90 Å². The van der Waals surface area contributed by atoms with E-state index in [2.05, 4.69) is 4.98 Å². The van der Waals surface area contributed by atoms with Crippen molar-refractivity contribution in [2.75, 3.05) is 13.7 Å². The van der Waals surface area contributed by atoms with Crippen molar-refractivity contribution < 1.29 is 24.1 Å². The zero-order valence-corrected chi connectivity index (χ0v) is 15.9. The number of carboxylic acids is 1. The van der Waals surface area contributed by atoms with E-state index in [0.29, 0.717) is 24.8 Å². The standard InChI is InChI=1S/C22H23NO5/c1-3-27-20(22(24)25)12-15-8-4-7-11-19(15)28-14-16-13-21(26-2)23-18-10-6-5-9-17(16)18/h4-11,13,20H,3,12,14H2,1-2H3,(H,24,25). The van der Waals surface area contributed by atoms with Gasteiger partial charge >= 0.3 is 5.97 Å². The Balaban J connectivity index is 1.84. The molecule has 6 heteroatoms. The van der Waals surface area contributed by atoms with Crippen LogP contribution >= 0.6 is 0 Å². The van der Waals surface area contributed by atoms with Crippen LogP contribution in [0.1, 0.15) is 18.1 Å². The Morgan fingerprint density at radius 1 is 1.11 bits per heavy atom. The maximum atomic E-state index is 11.4. The van der Waals surface area contributed by atoms with Crippen molar-refractivity contribution in [3.63, 3.8) is 0 Å². The van der Waals surface area contributed by atoms with Gasteiger partial charge in [-0.25, -0.2) is 9.78 Å². The molecule has 146 valence electrons. The Hall–Kier alpha value is -3.12. The molecule has 0 aliphatic heterocycles. The van der Waals surface area contributed by atoms with Crippen LogP contribution in [0.4, 0.5) is 0 Å². The lowest BCUT2D eigenvalue weighted by Crippen LogP contribution is -2.26. The zero-order valence-electron chi connectivity index (χ0n) is 15.9. The second-order valence-electron chi connectivity index (χ2n) is 6.22.